The van der Waals surface area contributed by atoms with Gasteiger partial charge in [0.1, 0.15) is 0 Å². The third-order valence-electron chi connectivity index (χ3n) is 2.52. The highest BCUT2D eigenvalue weighted by atomic mass is 35.5. The number of aliphatic carboxylic acids is 1. The van der Waals surface area contributed by atoms with E-state index >= 15 is 0 Å². The standard InChI is InChI=1S/C12H13ClN2O2S2/c1-18-5-4-15-10-6-8(13)2-3-9(10)14-12(15)19-7-11(16)17/h2-3,6H,4-5,7H2,1H3,(H,16,17). The summed E-state index contributed by atoms with van der Waals surface area (Å²) in [6.07, 6.45) is 2.04. The SMILES string of the molecule is CSCCn1c(SCC(=O)O)nc2ccc(Cl)cc21. The summed E-state index contributed by atoms with van der Waals surface area (Å²) in [4.78, 5) is 15.2. The summed E-state index contributed by atoms with van der Waals surface area (Å²) in [6.45, 7) is 0.792. The minimum absolute atomic E-state index is 0.0102. The van der Waals surface area contributed by atoms with Gasteiger partial charge in [0.2, 0.25) is 0 Å². The van der Waals surface area contributed by atoms with Crippen molar-refractivity contribution in [1.82, 2.24) is 9.55 Å². The lowest BCUT2D eigenvalue weighted by Crippen LogP contribution is -2.04. The Morgan fingerprint density at radius 3 is 3.00 bits per heavy atom. The normalized spacial score (nSPS) is 11.1. The molecule has 0 aliphatic carbocycles. The van der Waals surface area contributed by atoms with Gasteiger partial charge in [-0.1, -0.05) is 23.4 Å². The van der Waals surface area contributed by atoms with E-state index in [1.165, 1.54) is 11.8 Å². The van der Waals surface area contributed by atoms with Gasteiger partial charge in [0.05, 0.1) is 16.8 Å². The van der Waals surface area contributed by atoms with Crippen LogP contribution in [0.4, 0.5) is 0 Å². The highest BCUT2D eigenvalue weighted by Gasteiger charge is 2.12. The summed E-state index contributed by atoms with van der Waals surface area (Å²) in [5.41, 5.74) is 1.80. The Bertz CT molecular complexity index is 601. The largest absolute Gasteiger partial charge is 0.481 e. The van der Waals surface area contributed by atoms with Crippen LogP contribution in [-0.4, -0.2) is 38.4 Å². The van der Waals surface area contributed by atoms with Crippen molar-refractivity contribution >= 4 is 52.1 Å². The first-order valence-corrected chi connectivity index (χ1v) is 8.37. The van der Waals surface area contributed by atoms with Crippen LogP contribution in [-0.2, 0) is 11.3 Å². The van der Waals surface area contributed by atoms with Crippen LogP contribution in [0.25, 0.3) is 11.0 Å². The second-order valence-electron chi connectivity index (χ2n) is 3.85. The lowest BCUT2D eigenvalue weighted by Gasteiger charge is -2.07. The van der Waals surface area contributed by atoms with Crippen LogP contribution < -0.4 is 0 Å². The lowest BCUT2D eigenvalue weighted by molar-refractivity contribution is -0.133. The molecule has 1 heterocycles. The van der Waals surface area contributed by atoms with Gasteiger partial charge in [-0.15, -0.1) is 0 Å². The maximum absolute atomic E-state index is 10.7. The Kier molecular flexibility index (Phi) is 5.01. The van der Waals surface area contributed by atoms with Crippen LogP contribution in [0, 0.1) is 0 Å². The van der Waals surface area contributed by atoms with E-state index in [0.29, 0.717) is 5.02 Å². The number of carboxylic acid groups (broad SMARTS) is 1. The summed E-state index contributed by atoms with van der Waals surface area (Å²) >= 11 is 8.99. The number of halogens is 1. The highest BCUT2D eigenvalue weighted by Crippen LogP contribution is 2.26. The topological polar surface area (TPSA) is 55.1 Å². The fraction of sp³-hybridized carbons (Fsp3) is 0.333. The number of hydrogen-bond donors (Lipinski definition) is 1. The Labute approximate surface area is 124 Å². The second-order valence-corrected chi connectivity index (χ2v) is 6.22. The monoisotopic (exact) mass is 316 g/mol. The number of carbonyl (C=O) groups is 1. The zero-order chi connectivity index (χ0) is 13.8. The van der Waals surface area contributed by atoms with Crippen LogP contribution in [0.5, 0.6) is 0 Å². The third kappa shape index (κ3) is 3.58. The number of aryl methyl sites for hydroxylation is 1. The number of hydrogen-bond acceptors (Lipinski definition) is 4. The summed E-state index contributed by atoms with van der Waals surface area (Å²) < 4.78 is 2.03. The third-order valence-corrected chi connectivity index (χ3v) is 4.31. The minimum Gasteiger partial charge on any atom is -0.481 e. The predicted octanol–water partition coefficient (Wildman–Crippen LogP) is 3.23. The van der Waals surface area contributed by atoms with Gasteiger partial charge in [-0.05, 0) is 24.5 Å². The highest BCUT2D eigenvalue weighted by molar-refractivity contribution is 7.99. The van der Waals surface area contributed by atoms with Crippen molar-refractivity contribution in [3.05, 3.63) is 23.2 Å². The fourth-order valence-electron chi connectivity index (χ4n) is 1.71. The molecule has 0 saturated carbocycles. The molecule has 19 heavy (non-hydrogen) atoms. The molecule has 0 bridgehead atoms. The van der Waals surface area contributed by atoms with Crippen molar-refractivity contribution in [1.29, 1.82) is 0 Å². The van der Waals surface area contributed by atoms with Gasteiger partial charge >= 0.3 is 5.97 Å². The van der Waals surface area contributed by atoms with E-state index in [0.717, 1.165) is 28.5 Å². The Balaban J connectivity index is 2.39. The van der Waals surface area contributed by atoms with Crippen molar-refractivity contribution in [3.63, 3.8) is 0 Å². The molecule has 0 spiro atoms. The molecule has 1 N–H and O–H groups in total. The average molecular weight is 317 g/mol. The number of fused-ring (bicyclic) bond motifs is 1. The molecule has 102 valence electrons. The molecule has 0 atom stereocenters. The van der Waals surface area contributed by atoms with E-state index in [1.807, 2.05) is 23.0 Å². The first kappa shape index (κ1) is 14.6. The van der Waals surface area contributed by atoms with Crippen molar-refractivity contribution in [2.75, 3.05) is 17.8 Å². The summed E-state index contributed by atoms with van der Waals surface area (Å²) in [5.74, 6) is 0.112. The number of nitrogens with zero attached hydrogens (tertiary/aromatic N) is 2. The fourth-order valence-corrected chi connectivity index (χ4v) is 3.00. The number of carboxylic acids is 1. The smallest absolute Gasteiger partial charge is 0.313 e. The van der Waals surface area contributed by atoms with Gasteiger partial charge in [0.15, 0.2) is 5.16 Å². The van der Waals surface area contributed by atoms with Crippen LogP contribution >= 0.6 is 35.1 Å². The maximum Gasteiger partial charge on any atom is 0.313 e. The molecular weight excluding hydrogens is 304 g/mol. The Morgan fingerprint density at radius 1 is 1.53 bits per heavy atom. The van der Waals surface area contributed by atoms with Crippen molar-refractivity contribution in [3.8, 4) is 0 Å². The molecule has 1 aromatic heterocycles. The number of thioether (sulfide) groups is 2. The molecule has 0 aliphatic rings. The van der Waals surface area contributed by atoms with Crippen LogP contribution in [0.1, 0.15) is 0 Å². The van der Waals surface area contributed by atoms with Gasteiger partial charge in [0.25, 0.3) is 0 Å². The molecule has 0 fully saturated rings. The lowest BCUT2D eigenvalue weighted by atomic mass is 10.3. The molecule has 4 nitrogen and oxygen atoms in total. The van der Waals surface area contributed by atoms with E-state index in [9.17, 15) is 4.79 Å². The van der Waals surface area contributed by atoms with Gasteiger partial charge in [0, 0.05) is 17.3 Å². The van der Waals surface area contributed by atoms with Crippen molar-refractivity contribution < 1.29 is 9.90 Å². The van der Waals surface area contributed by atoms with Gasteiger partial charge in [-0.3, -0.25) is 4.79 Å². The molecule has 0 aliphatic heterocycles. The Morgan fingerprint density at radius 2 is 2.32 bits per heavy atom. The summed E-state index contributed by atoms with van der Waals surface area (Å²) in [7, 11) is 0. The zero-order valence-electron chi connectivity index (χ0n) is 10.3. The number of aromatic nitrogens is 2. The van der Waals surface area contributed by atoms with Gasteiger partial charge in [-0.2, -0.15) is 11.8 Å². The van der Waals surface area contributed by atoms with Crippen LogP contribution in [0.15, 0.2) is 23.4 Å². The second kappa shape index (κ2) is 6.54. The van der Waals surface area contributed by atoms with E-state index in [-0.39, 0.29) is 5.75 Å². The van der Waals surface area contributed by atoms with Crippen molar-refractivity contribution in [2.45, 2.75) is 11.7 Å². The average Bonchev–Trinajstić information content (AvgIpc) is 2.71. The number of rotatable bonds is 6. The molecular formula is C12H13ClN2O2S2. The molecule has 0 radical (unpaired) electrons. The zero-order valence-corrected chi connectivity index (χ0v) is 12.7. The molecule has 1 aromatic carbocycles. The molecule has 0 amide bonds. The van der Waals surface area contributed by atoms with Gasteiger partial charge in [-0.25, -0.2) is 4.98 Å². The quantitative estimate of drug-likeness (QED) is 0.829. The molecule has 2 rings (SSSR count). The predicted molar refractivity (Wildman–Crippen MR) is 81.5 cm³/mol. The summed E-state index contributed by atoms with van der Waals surface area (Å²) in [5, 5.41) is 10.2. The van der Waals surface area contributed by atoms with E-state index in [2.05, 4.69) is 4.98 Å². The van der Waals surface area contributed by atoms with E-state index < -0.39 is 5.97 Å². The van der Waals surface area contributed by atoms with Crippen LogP contribution in [0.3, 0.4) is 0 Å². The molecule has 2 aromatic rings. The van der Waals surface area contributed by atoms with Crippen LogP contribution in [0.2, 0.25) is 5.02 Å². The Hall–Kier alpha value is -0.850. The van der Waals surface area contributed by atoms with E-state index in [1.54, 1.807) is 17.8 Å². The minimum atomic E-state index is -0.841. The summed E-state index contributed by atoms with van der Waals surface area (Å²) in [6, 6.07) is 5.52. The number of benzene rings is 1. The first-order valence-electron chi connectivity index (χ1n) is 5.61. The van der Waals surface area contributed by atoms with E-state index in [4.69, 9.17) is 16.7 Å². The maximum atomic E-state index is 10.7. The van der Waals surface area contributed by atoms with Crippen molar-refractivity contribution in [2.24, 2.45) is 0 Å². The number of imidazole rings is 1. The molecule has 7 heteroatoms. The van der Waals surface area contributed by atoms with Gasteiger partial charge < -0.3 is 9.67 Å². The molecule has 0 saturated heterocycles. The molecule has 0 unspecified atom stereocenters. The first-order chi connectivity index (χ1) is 9.11.